The minimum absolute atomic E-state index is 0.557. The number of aromatic nitrogens is 2. The van der Waals surface area contributed by atoms with Gasteiger partial charge in [-0.25, -0.2) is 4.68 Å². The quantitative estimate of drug-likeness (QED) is 0.604. The van der Waals surface area contributed by atoms with Gasteiger partial charge in [-0.2, -0.15) is 5.10 Å². The molecule has 6 nitrogen and oxygen atoms in total. The molecule has 0 spiro atoms. The van der Waals surface area contributed by atoms with Gasteiger partial charge in [0.1, 0.15) is 5.82 Å². The van der Waals surface area contributed by atoms with Crippen molar-refractivity contribution in [3.8, 4) is 22.9 Å². The maximum atomic E-state index is 5.47. The molecule has 1 aromatic heterocycles. The topological polar surface area (TPSA) is 57.5 Å². The summed E-state index contributed by atoms with van der Waals surface area (Å²) in [4.78, 5) is 0. The smallest absolute Gasteiger partial charge is 0.203 e. The van der Waals surface area contributed by atoms with Crippen molar-refractivity contribution in [2.24, 2.45) is 5.92 Å². The van der Waals surface area contributed by atoms with Gasteiger partial charge in [0.05, 0.1) is 32.7 Å². The summed E-state index contributed by atoms with van der Waals surface area (Å²) < 4.78 is 18.3. The molecule has 4 rings (SSSR count). The van der Waals surface area contributed by atoms with Gasteiger partial charge in [0.2, 0.25) is 5.75 Å². The van der Waals surface area contributed by atoms with E-state index in [2.05, 4.69) is 30.4 Å². The minimum Gasteiger partial charge on any atom is -0.493 e. The Morgan fingerprint density at radius 3 is 2.21 bits per heavy atom. The number of para-hydroxylation sites is 1. The third-order valence-electron chi connectivity index (χ3n) is 5.42. The maximum Gasteiger partial charge on any atom is 0.203 e. The van der Waals surface area contributed by atoms with Gasteiger partial charge >= 0.3 is 0 Å². The first-order valence-electron chi connectivity index (χ1n) is 9.82. The van der Waals surface area contributed by atoms with Crippen molar-refractivity contribution in [1.29, 1.82) is 0 Å². The van der Waals surface area contributed by atoms with E-state index in [0.717, 1.165) is 22.8 Å². The van der Waals surface area contributed by atoms with Gasteiger partial charge < -0.3 is 19.5 Å². The average molecular weight is 393 g/mol. The van der Waals surface area contributed by atoms with E-state index in [1.54, 1.807) is 21.3 Å². The normalized spacial score (nSPS) is 17.7. The standard InChI is InChI=1S/C23H27N3O3/c1-15-10-18(15)19-13-22(26(25-19)17-8-6-5-7-9-17)24-14-16-11-20(27-2)23(29-4)21(12-16)28-3/h5-9,11-13,15,18,24H,10,14H2,1-4H3/t15-,18+/m0/s1. The molecule has 1 heterocycles. The first-order valence-corrected chi connectivity index (χ1v) is 9.82. The highest BCUT2D eigenvalue weighted by molar-refractivity contribution is 5.55. The molecule has 1 saturated carbocycles. The van der Waals surface area contributed by atoms with E-state index in [1.165, 1.54) is 6.42 Å². The van der Waals surface area contributed by atoms with Crippen LogP contribution >= 0.6 is 0 Å². The molecule has 0 radical (unpaired) electrons. The Labute approximate surface area is 171 Å². The number of nitrogens with one attached hydrogen (secondary N) is 1. The van der Waals surface area contributed by atoms with Crippen LogP contribution in [0.1, 0.15) is 30.5 Å². The molecule has 0 aliphatic heterocycles. The van der Waals surface area contributed by atoms with Crippen LogP contribution in [0.5, 0.6) is 17.2 Å². The largest absolute Gasteiger partial charge is 0.493 e. The van der Waals surface area contributed by atoms with E-state index in [-0.39, 0.29) is 0 Å². The number of nitrogens with zero attached hydrogens (tertiary/aromatic N) is 2. The predicted octanol–water partition coefficient (Wildman–Crippen LogP) is 4.63. The molecule has 6 heteroatoms. The second-order valence-electron chi connectivity index (χ2n) is 7.41. The highest BCUT2D eigenvalue weighted by atomic mass is 16.5. The van der Waals surface area contributed by atoms with Gasteiger partial charge in [-0.3, -0.25) is 0 Å². The summed E-state index contributed by atoms with van der Waals surface area (Å²) in [7, 11) is 4.86. The predicted molar refractivity (Wildman–Crippen MR) is 114 cm³/mol. The van der Waals surface area contributed by atoms with E-state index >= 15 is 0 Å². The van der Waals surface area contributed by atoms with Crippen molar-refractivity contribution < 1.29 is 14.2 Å². The molecule has 2 atom stereocenters. The number of hydrogen-bond acceptors (Lipinski definition) is 5. The molecular formula is C23H27N3O3. The van der Waals surface area contributed by atoms with Gasteiger partial charge in [0, 0.05) is 18.5 Å². The average Bonchev–Trinajstić information content (AvgIpc) is 3.34. The third-order valence-corrected chi connectivity index (χ3v) is 5.42. The van der Waals surface area contributed by atoms with Gasteiger partial charge in [-0.15, -0.1) is 0 Å². The number of anilines is 1. The maximum absolute atomic E-state index is 5.47. The molecule has 1 aliphatic carbocycles. The Balaban J connectivity index is 1.62. The molecule has 0 saturated heterocycles. The molecule has 152 valence electrons. The Morgan fingerprint density at radius 1 is 1.00 bits per heavy atom. The van der Waals surface area contributed by atoms with Crippen molar-refractivity contribution in [2.45, 2.75) is 25.8 Å². The fourth-order valence-electron chi connectivity index (χ4n) is 3.64. The first-order chi connectivity index (χ1) is 14.1. The van der Waals surface area contributed by atoms with E-state index in [0.29, 0.717) is 35.6 Å². The lowest BCUT2D eigenvalue weighted by molar-refractivity contribution is 0.324. The molecule has 2 aromatic carbocycles. The number of ether oxygens (including phenoxy) is 3. The molecule has 1 aliphatic rings. The van der Waals surface area contributed by atoms with Gasteiger partial charge in [-0.05, 0) is 42.2 Å². The molecular weight excluding hydrogens is 366 g/mol. The summed E-state index contributed by atoms with van der Waals surface area (Å²) in [6.45, 7) is 2.88. The molecule has 0 unspecified atom stereocenters. The van der Waals surface area contributed by atoms with Crippen molar-refractivity contribution in [3.05, 3.63) is 59.8 Å². The van der Waals surface area contributed by atoms with Crippen LogP contribution in [-0.2, 0) is 6.54 Å². The van der Waals surface area contributed by atoms with Crippen LogP contribution in [-0.4, -0.2) is 31.1 Å². The first kappa shape index (κ1) is 19.2. The zero-order chi connectivity index (χ0) is 20.4. The molecule has 0 amide bonds. The van der Waals surface area contributed by atoms with E-state index in [9.17, 15) is 0 Å². The third kappa shape index (κ3) is 3.88. The van der Waals surface area contributed by atoms with E-state index in [4.69, 9.17) is 19.3 Å². The summed E-state index contributed by atoms with van der Waals surface area (Å²) in [6.07, 6.45) is 1.21. The van der Waals surface area contributed by atoms with Gasteiger partial charge in [0.25, 0.3) is 0 Å². The molecule has 0 bridgehead atoms. The van der Waals surface area contributed by atoms with Crippen LogP contribution in [0.4, 0.5) is 5.82 Å². The number of rotatable bonds is 8. The molecule has 29 heavy (non-hydrogen) atoms. The Hall–Kier alpha value is -3.15. The molecule has 3 aromatic rings. The SMILES string of the molecule is COc1cc(CNc2cc([C@@H]3C[C@@H]3C)nn2-c2ccccc2)cc(OC)c1OC. The van der Waals surface area contributed by atoms with Crippen LogP contribution in [0.3, 0.4) is 0 Å². The van der Waals surface area contributed by atoms with Crippen molar-refractivity contribution >= 4 is 5.82 Å². The monoisotopic (exact) mass is 393 g/mol. The highest BCUT2D eigenvalue weighted by Crippen LogP contribution is 2.47. The Kier molecular flexibility index (Phi) is 5.34. The fourth-order valence-corrected chi connectivity index (χ4v) is 3.64. The molecule has 1 fully saturated rings. The van der Waals surface area contributed by atoms with Crippen molar-refractivity contribution in [2.75, 3.05) is 26.6 Å². The number of hydrogen-bond donors (Lipinski definition) is 1. The summed E-state index contributed by atoms with van der Waals surface area (Å²) in [5.74, 6) is 4.12. The molecule has 1 N–H and O–H groups in total. The zero-order valence-corrected chi connectivity index (χ0v) is 17.3. The summed E-state index contributed by atoms with van der Waals surface area (Å²) in [6, 6.07) is 16.3. The number of benzene rings is 2. The van der Waals surface area contributed by atoms with Gasteiger partial charge in [0.15, 0.2) is 11.5 Å². The second-order valence-corrected chi connectivity index (χ2v) is 7.41. The van der Waals surface area contributed by atoms with E-state index < -0.39 is 0 Å². The lowest BCUT2D eigenvalue weighted by atomic mass is 10.1. The summed E-state index contributed by atoms with van der Waals surface area (Å²) >= 11 is 0. The van der Waals surface area contributed by atoms with E-state index in [1.807, 2.05) is 35.0 Å². The lowest BCUT2D eigenvalue weighted by Gasteiger charge is -2.15. The summed E-state index contributed by atoms with van der Waals surface area (Å²) in [5, 5.41) is 8.42. The van der Waals surface area contributed by atoms with Crippen molar-refractivity contribution in [1.82, 2.24) is 9.78 Å². The Bertz CT molecular complexity index is 959. The fraction of sp³-hybridized carbons (Fsp3) is 0.348. The second kappa shape index (κ2) is 8.07. The summed E-state index contributed by atoms with van der Waals surface area (Å²) in [5.41, 5.74) is 3.22. The van der Waals surface area contributed by atoms with Crippen LogP contribution in [0.15, 0.2) is 48.5 Å². The highest BCUT2D eigenvalue weighted by Gasteiger charge is 2.36. The van der Waals surface area contributed by atoms with Crippen LogP contribution in [0, 0.1) is 5.92 Å². The Morgan fingerprint density at radius 2 is 1.66 bits per heavy atom. The van der Waals surface area contributed by atoms with Crippen LogP contribution in [0.2, 0.25) is 0 Å². The lowest BCUT2D eigenvalue weighted by Crippen LogP contribution is -2.07. The minimum atomic E-state index is 0.557. The van der Waals surface area contributed by atoms with Gasteiger partial charge in [-0.1, -0.05) is 25.1 Å². The van der Waals surface area contributed by atoms with Crippen LogP contribution in [0.25, 0.3) is 5.69 Å². The van der Waals surface area contributed by atoms with Crippen molar-refractivity contribution in [3.63, 3.8) is 0 Å². The van der Waals surface area contributed by atoms with Crippen LogP contribution < -0.4 is 19.5 Å². The zero-order valence-electron chi connectivity index (χ0n) is 17.3. The number of methoxy groups -OCH3 is 3.